The number of carbonyl (C=O) groups excluding carboxylic acids is 2. The Hall–Kier alpha value is -3.35. The minimum Gasteiger partial charge on any atom is -0.480 e. The molecule has 2 amide bonds. The van der Waals surface area contributed by atoms with Crippen molar-refractivity contribution in [2.45, 2.75) is 38.3 Å². The first-order chi connectivity index (χ1) is 13.9. The largest absolute Gasteiger partial charge is 0.480 e. The van der Waals surface area contributed by atoms with Gasteiger partial charge in [0.2, 0.25) is 5.91 Å². The quantitative estimate of drug-likeness (QED) is 0.667. The van der Waals surface area contributed by atoms with Crippen LogP contribution in [0.15, 0.2) is 48.5 Å². The Morgan fingerprint density at radius 3 is 2.07 bits per heavy atom. The predicted octanol–water partition coefficient (Wildman–Crippen LogP) is 2.89. The molecule has 0 aliphatic heterocycles. The van der Waals surface area contributed by atoms with Crippen molar-refractivity contribution in [3.63, 3.8) is 0 Å². The van der Waals surface area contributed by atoms with Crippen LogP contribution in [-0.2, 0) is 14.3 Å². The van der Waals surface area contributed by atoms with Crippen molar-refractivity contribution in [3.05, 3.63) is 59.7 Å². The molecule has 0 radical (unpaired) electrons. The van der Waals surface area contributed by atoms with E-state index in [0.29, 0.717) is 0 Å². The number of rotatable bonds is 7. The summed E-state index contributed by atoms with van der Waals surface area (Å²) in [6.07, 6.45) is -0.475. The standard InChI is InChI=1S/C22H24N2O5/c1-3-19(21(26)27)24-20(25)13(2)23-22(28)29-12-18-16-10-6-4-8-14(16)15-9-5-7-11-17(15)18/h4-11,13,18-19H,3,12H2,1-2H3,(H,23,28)(H,24,25)(H,26,27)/t13-,19-/m0/s1. The van der Waals surface area contributed by atoms with Crippen molar-refractivity contribution in [1.29, 1.82) is 0 Å². The Labute approximate surface area is 169 Å². The summed E-state index contributed by atoms with van der Waals surface area (Å²) in [6, 6.07) is 14.1. The van der Waals surface area contributed by atoms with E-state index in [4.69, 9.17) is 9.84 Å². The molecule has 0 heterocycles. The molecule has 2 atom stereocenters. The summed E-state index contributed by atoms with van der Waals surface area (Å²) in [4.78, 5) is 35.3. The van der Waals surface area contributed by atoms with E-state index in [1.54, 1.807) is 6.92 Å². The van der Waals surface area contributed by atoms with Gasteiger partial charge in [-0.15, -0.1) is 0 Å². The van der Waals surface area contributed by atoms with E-state index in [2.05, 4.69) is 10.6 Å². The second kappa shape index (κ2) is 8.77. The minimum atomic E-state index is -1.12. The van der Waals surface area contributed by atoms with Crippen LogP contribution in [0.25, 0.3) is 11.1 Å². The van der Waals surface area contributed by atoms with Gasteiger partial charge in [0.25, 0.3) is 0 Å². The van der Waals surface area contributed by atoms with Gasteiger partial charge in [-0.25, -0.2) is 9.59 Å². The molecular formula is C22H24N2O5. The number of nitrogens with one attached hydrogen (secondary N) is 2. The highest BCUT2D eigenvalue weighted by Crippen LogP contribution is 2.44. The number of fused-ring (bicyclic) bond motifs is 3. The number of hydrogen-bond acceptors (Lipinski definition) is 4. The van der Waals surface area contributed by atoms with E-state index < -0.39 is 30.1 Å². The zero-order valence-corrected chi connectivity index (χ0v) is 16.3. The van der Waals surface area contributed by atoms with Crippen molar-refractivity contribution >= 4 is 18.0 Å². The molecule has 3 N–H and O–H groups in total. The van der Waals surface area contributed by atoms with E-state index in [-0.39, 0.29) is 18.9 Å². The number of benzene rings is 2. The maximum atomic E-state index is 12.2. The van der Waals surface area contributed by atoms with Gasteiger partial charge in [0, 0.05) is 5.92 Å². The van der Waals surface area contributed by atoms with Gasteiger partial charge in [-0.3, -0.25) is 4.79 Å². The summed E-state index contributed by atoms with van der Waals surface area (Å²) >= 11 is 0. The molecule has 29 heavy (non-hydrogen) atoms. The lowest BCUT2D eigenvalue weighted by Gasteiger charge is -2.19. The van der Waals surface area contributed by atoms with Crippen LogP contribution >= 0.6 is 0 Å². The van der Waals surface area contributed by atoms with E-state index in [1.807, 2.05) is 48.5 Å². The van der Waals surface area contributed by atoms with Crippen LogP contribution in [0, 0.1) is 0 Å². The van der Waals surface area contributed by atoms with Gasteiger partial charge in [-0.2, -0.15) is 0 Å². The van der Waals surface area contributed by atoms with Gasteiger partial charge >= 0.3 is 12.1 Å². The third-order valence-electron chi connectivity index (χ3n) is 5.09. The average Bonchev–Trinajstić information content (AvgIpc) is 3.03. The maximum absolute atomic E-state index is 12.2. The molecule has 0 aromatic heterocycles. The molecule has 2 aromatic rings. The molecule has 1 aliphatic rings. The molecule has 152 valence electrons. The van der Waals surface area contributed by atoms with Crippen LogP contribution in [-0.4, -0.2) is 41.8 Å². The molecule has 0 spiro atoms. The Bertz CT molecular complexity index is 881. The second-order valence-electron chi connectivity index (χ2n) is 7.00. The number of aliphatic carboxylic acids is 1. The fraction of sp³-hybridized carbons (Fsp3) is 0.318. The molecule has 3 rings (SSSR count). The van der Waals surface area contributed by atoms with Crippen LogP contribution in [0.1, 0.15) is 37.3 Å². The van der Waals surface area contributed by atoms with E-state index in [9.17, 15) is 14.4 Å². The topological polar surface area (TPSA) is 105 Å². The number of carbonyl (C=O) groups is 3. The number of carboxylic acid groups (broad SMARTS) is 1. The molecule has 0 saturated carbocycles. The smallest absolute Gasteiger partial charge is 0.407 e. The van der Waals surface area contributed by atoms with Crippen LogP contribution in [0.4, 0.5) is 4.79 Å². The third-order valence-corrected chi connectivity index (χ3v) is 5.09. The predicted molar refractivity (Wildman–Crippen MR) is 108 cm³/mol. The fourth-order valence-corrected chi connectivity index (χ4v) is 3.52. The second-order valence-corrected chi connectivity index (χ2v) is 7.00. The molecule has 2 aromatic carbocycles. The summed E-state index contributed by atoms with van der Waals surface area (Å²) in [5.74, 6) is -1.77. The molecule has 7 heteroatoms. The lowest BCUT2D eigenvalue weighted by Crippen LogP contribution is -2.50. The lowest BCUT2D eigenvalue weighted by molar-refractivity contribution is -0.142. The molecule has 1 aliphatic carbocycles. The van der Waals surface area contributed by atoms with Crippen LogP contribution in [0.5, 0.6) is 0 Å². The van der Waals surface area contributed by atoms with Gasteiger partial charge < -0.3 is 20.5 Å². The normalized spacial score (nSPS) is 14.3. The SMILES string of the molecule is CC[C@H](NC(=O)[C@H](C)NC(=O)OCC1c2ccccc2-c2ccccc21)C(=O)O. The van der Waals surface area contributed by atoms with Crippen LogP contribution in [0.2, 0.25) is 0 Å². The fourth-order valence-electron chi connectivity index (χ4n) is 3.52. The highest BCUT2D eigenvalue weighted by Gasteiger charge is 2.29. The summed E-state index contributed by atoms with van der Waals surface area (Å²) in [7, 11) is 0. The zero-order valence-electron chi connectivity index (χ0n) is 16.3. The summed E-state index contributed by atoms with van der Waals surface area (Å²) in [5.41, 5.74) is 4.45. The van der Waals surface area contributed by atoms with Crippen molar-refractivity contribution < 1.29 is 24.2 Å². The number of ether oxygens (including phenoxy) is 1. The van der Waals surface area contributed by atoms with Crippen molar-refractivity contribution in [1.82, 2.24) is 10.6 Å². The van der Waals surface area contributed by atoms with E-state index >= 15 is 0 Å². The molecule has 7 nitrogen and oxygen atoms in total. The zero-order chi connectivity index (χ0) is 21.0. The number of amides is 2. The lowest BCUT2D eigenvalue weighted by atomic mass is 9.98. The van der Waals surface area contributed by atoms with Gasteiger partial charge in [-0.1, -0.05) is 55.5 Å². The summed E-state index contributed by atoms with van der Waals surface area (Å²) in [5, 5.41) is 13.9. The minimum absolute atomic E-state index is 0.0752. The molecular weight excluding hydrogens is 372 g/mol. The Balaban J connectivity index is 1.60. The highest BCUT2D eigenvalue weighted by molar-refractivity contribution is 5.89. The third kappa shape index (κ3) is 4.39. The van der Waals surface area contributed by atoms with E-state index in [0.717, 1.165) is 22.3 Å². The van der Waals surface area contributed by atoms with Crippen molar-refractivity contribution in [2.24, 2.45) is 0 Å². The van der Waals surface area contributed by atoms with E-state index in [1.165, 1.54) is 6.92 Å². The van der Waals surface area contributed by atoms with Gasteiger partial charge in [0.1, 0.15) is 18.7 Å². The number of hydrogen-bond donors (Lipinski definition) is 3. The van der Waals surface area contributed by atoms with Gasteiger partial charge in [0.15, 0.2) is 0 Å². The van der Waals surface area contributed by atoms with Crippen LogP contribution < -0.4 is 10.6 Å². The number of alkyl carbamates (subject to hydrolysis) is 1. The Morgan fingerprint density at radius 2 is 1.55 bits per heavy atom. The Morgan fingerprint density at radius 1 is 1.00 bits per heavy atom. The first-order valence-electron chi connectivity index (χ1n) is 9.57. The highest BCUT2D eigenvalue weighted by atomic mass is 16.5. The monoisotopic (exact) mass is 396 g/mol. The van der Waals surface area contributed by atoms with Crippen molar-refractivity contribution in [3.8, 4) is 11.1 Å². The average molecular weight is 396 g/mol. The molecule has 0 bridgehead atoms. The molecule has 0 fully saturated rings. The van der Waals surface area contributed by atoms with Gasteiger partial charge in [0.05, 0.1) is 0 Å². The van der Waals surface area contributed by atoms with Gasteiger partial charge in [-0.05, 0) is 35.6 Å². The molecule has 0 saturated heterocycles. The molecule has 0 unspecified atom stereocenters. The maximum Gasteiger partial charge on any atom is 0.407 e. The Kier molecular flexibility index (Phi) is 6.16. The first kappa shape index (κ1) is 20.4. The summed E-state index contributed by atoms with van der Waals surface area (Å²) in [6.45, 7) is 3.27. The first-order valence-corrected chi connectivity index (χ1v) is 9.57. The number of carboxylic acids is 1. The van der Waals surface area contributed by atoms with Crippen molar-refractivity contribution in [2.75, 3.05) is 6.61 Å². The van der Waals surface area contributed by atoms with Crippen LogP contribution in [0.3, 0.4) is 0 Å². The summed E-state index contributed by atoms with van der Waals surface area (Å²) < 4.78 is 5.39.